The predicted molar refractivity (Wildman–Crippen MR) is 138 cm³/mol. The standard InChI is InChI=1S/C30H33FN2O3/c1-35-24-10-7-22(8-11-24)26-14-16-33(15-13-21-5-3-2-4-6-21)29(18-31)28(26)20-36-25-12-9-23-19-32-30(34)27(23)17-25/h2-12,17,26,28-29H,13-16,18-20H2,1H3,(H,32,34). The average Bonchev–Trinajstić information content (AvgIpc) is 3.30. The first-order valence-corrected chi connectivity index (χ1v) is 12.7. The lowest BCUT2D eigenvalue weighted by Gasteiger charge is -2.44. The van der Waals surface area contributed by atoms with Crippen LogP contribution in [0.5, 0.6) is 11.5 Å². The fraction of sp³-hybridized carbons (Fsp3) is 0.367. The number of hydrogen-bond donors (Lipinski definition) is 1. The van der Waals surface area contributed by atoms with Crippen molar-refractivity contribution in [2.75, 3.05) is 33.5 Å². The lowest BCUT2D eigenvalue weighted by atomic mass is 9.76. The van der Waals surface area contributed by atoms with Crippen molar-refractivity contribution in [1.82, 2.24) is 10.2 Å². The maximum absolute atomic E-state index is 14.7. The number of carbonyl (C=O) groups excluding carboxylic acids is 1. The zero-order valence-corrected chi connectivity index (χ0v) is 20.7. The number of amides is 1. The highest BCUT2D eigenvalue weighted by Gasteiger charge is 2.39. The first kappa shape index (κ1) is 24.3. The van der Waals surface area contributed by atoms with E-state index in [2.05, 4.69) is 34.5 Å². The maximum Gasteiger partial charge on any atom is 0.252 e. The highest BCUT2D eigenvalue weighted by atomic mass is 19.1. The molecule has 188 valence electrons. The first-order chi connectivity index (χ1) is 17.7. The summed E-state index contributed by atoms with van der Waals surface area (Å²) in [5.74, 6) is 1.53. The Morgan fingerprint density at radius 2 is 1.81 bits per heavy atom. The van der Waals surface area contributed by atoms with Gasteiger partial charge < -0.3 is 14.8 Å². The maximum atomic E-state index is 14.7. The Labute approximate surface area is 212 Å². The second-order valence-electron chi connectivity index (χ2n) is 9.64. The minimum atomic E-state index is -0.429. The van der Waals surface area contributed by atoms with Gasteiger partial charge in [0.05, 0.1) is 13.7 Å². The molecule has 3 atom stereocenters. The minimum Gasteiger partial charge on any atom is -0.497 e. The van der Waals surface area contributed by atoms with E-state index in [1.165, 1.54) is 11.1 Å². The molecule has 3 unspecified atom stereocenters. The van der Waals surface area contributed by atoms with Crippen LogP contribution in [-0.4, -0.2) is 50.3 Å². The number of rotatable bonds is 9. The molecule has 2 aliphatic rings. The van der Waals surface area contributed by atoms with E-state index >= 15 is 0 Å². The van der Waals surface area contributed by atoms with E-state index in [1.807, 2.05) is 42.5 Å². The number of methoxy groups -OCH3 is 1. The van der Waals surface area contributed by atoms with Gasteiger partial charge in [-0.2, -0.15) is 0 Å². The van der Waals surface area contributed by atoms with Crippen LogP contribution in [0.15, 0.2) is 72.8 Å². The van der Waals surface area contributed by atoms with Crippen LogP contribution in [0.4, 0.5) is 4.39 Å². The summed E-state index contributed by atoms with van der Waals surface area (Å²) in [4.78, 5) is 14.4. The Kier molecular flexibility index (Phi) is 7.52. The molecule has 6 heteroatoms. The van der Waals surface area contributed by atoms with Crippen LogP contribution < -0.4 is 14.8 Å². The number of ether oxygens (including phenoxy) is 2. The summed E-state index contributed by atoms with van der Waals surface area (Å²) in [6.07, 6.45) is 1.82. The van der Waals surface area contributed by atoms with Gasteiger partial charge in [-0.15, -0.1) is 0 Å². The molecule has 0 saturated carbocycles. The van der Waals surface area contributed by atoms with Crippen LogP contribution in [0.25, 0.3) is 0 Å². The van der Waals surface area contributed by atoms with Crippen molar-refractivity contribution in [3.05, 3.63) is 95.1 Å². The number of alkyl halides is 1. The van der Waals surface area contributed by atoms with Gasteiger partial charge in [-0.1, -0.05) is 48.5 Å². The molecule has 5 nitrogen and oxygen atoms in total. The van der Waals surface area contributed by atoms with E-state index in [0.29, 0.717) is 24.5 Å². The van der Waals surface area contributed by atoms with Gasteiger partial charge >= 0.3 is 0 Å². The number of halogens is 1. The molecule has 2 aliphatic heterocycles. The van der Waals surface area contributed by atoms with Crippen molar-refractivity contribution >= 4 is 5.91 Å². The Hall–Kier alpha value is -3.38. The molecule has 36 heavy (non-hydrogen) atoms. The molecule has 1 N–H and O–H groups in total. The van der Waals surface area contributed by atoms with Gasteiger partial charge in [0.15, 0.2) is 0 Å². The highest BCUT2D eigenvalue weighted by Crippen LogP contribution is 2.38. The van der Waals surface area contributed by atoms with E-state index in [-0.39, 0.29) is 23.8 Å². The zero-order valence-electron chi connectivity index (χ0n) is 20.7. The Morgan fingerprint density at radius 3 is 2.56 bits per heavy atom. The number of likely N-dealkylation sites (tertiary alicyclic amines) is 1. The van der Waals surface area contributed by atoms with Crippen LogP contribution in [-0.2, 0) is 13.0 Å². The van der Waals surface area contributed by atoms with E-state index < -0.39 is 6.67 Å². The van der Waals surface area contributed by atoms with Gasteiger partial charge in [-0.3, -0.25) is 9.69 Å². The van der Waals surface area contributed by atoms with Crippen molar-refractivity contribution in [2.24, 2.45) is 5.92 Å². The normalized spacial score (nSPS) is 21.6. The molecule has 3 aromatic rings. The summed E-state index contributed by atoms with van der Waals surface area (Å²) < 4.78 is 26.3. The highest BCUT2D eigenvalue weighted by molar-refractivity contribution is 5.98. The van der Waals surface area contributed by atoms with E-state index in [4.69, 9.17) is 9.47 Å². The number of nitrogens with zero attached hydrogens (tertiary/aromatic N) is 1. The quantitative estimate of drug-likeness (QED) is 0.460. The molecule has 0 spiro atoms. The molecule has 0 aliphatic carbocycles. The van der Waals surface area contributed by atoms with E-state index in [0.717, 1.165) is 37.2 Å². The van der Waals surface area contributed by atoms with Crippen molar-refractivity contribution < 1.29 is 18.7 Å². The molecule has 0 bridgehead atoms. The van der Waals surface area contributed by atoms with Crippen LogP contribution in [0.3, 0.4) is 0 Å². The Morgan fingerprint density at radius 1 is 1.03 bits per heavy atom. The lowest BCUT2D eigenvalue weighted by molar-refractivity contribution is 0.0327. The molecule has 0 aromatic heterocycles. The number of nitrogens with one attached hydrogen (secondary N) is 1. The number of benzene rings is 3. The number of hydrogen-bond acceptors (Lipinski definition) is 4. The van der Waals surface area contributed by atoms with Crippen LogP contribution >= 0.6 is 0 Å². The fourth-order valence-corrected chi connectivity index (χ4v) is 5.60. The molecule has 1 fully saturated rings. The third-order valence-corrected chi connectivity index (χ3v) is 7.65. The first-order valence-electron chi connectivity index (χ1n) is 12.7. The van der Waals surface area contributed by atoms with Gasteiger partial charge in [0.1, 0.15) is 18.2 Å². The van der Waals surface area contributed by atoms with Gasteiger partial charge in [-0.05, 0) is 66.3 Å². The van der Waals surface area contributed by atoms with Gasteiger partial charge in [-0.25, -0.2) is 4.39 Å². The van der Waals surface area contributed by atoms with Gasteiger partial charge in [0.25, 0.3) is 5.91 Å². The monoisotopic (exact) mass is 488 g/mol. The predicted octanol–water partition coefficient (Wildman–Crippen LogP) is 5.00. The second kappa shape index (κ2) is 11.1. The summed E-state index contributed by atoms with van der Waals surface area (Å²) in [5.41, 5.74) is 4.08. The lowest BCUT2D eigenvalue weighted by Crippen LogP contribution is -2.52. The van der Waals surface area contributed by atoms with Crippen molar-refractivity contribution in [2.45, 2.75) is 31.3 Å². The molecule has 1 saturated heterocycles. The summed E-state index contributed by atoms with van der Waals surface area (Å²) in [7, 11) is 1.66. The molecular formula is C30H33FN2O3. The molecule has 1 amide bonds. The zero-order chi connectivity index (χ0) is 24.9. The molecule has 3 aromatic carbocycles. The van der Waals surface area contributed by atoms with Gasteiger partial charge in [0.2, 0.25) is 0 Å². The number of fused-ring (bicyclic) bond motifs is 1. The topological polar surface area (TPSA) is 50.8 Å². The Bertz CT molecular complexity index is 1170. The minimum absolute atomic E-state index is 0.0324. The largest absolute Gasteiger partial charge is 0.497 e. The SMILES string of the molecule is COc1ccc(C2CCN(CCc3ccccc3)C(CF)C2COc2ccc3c(c2)C(=O)NC3)cc1. The third-order valence-electron chi connectivity index (χ3n) is 7.65. The van der Waals surface area contributed by atoms with Crippen LogP contribution in [0.1, 0.15) is 39.4 Å². The summed E-state index contributed by atoms with van der Waals surface area (Å²) in [5, 5.41) is 2.84. The van der Waals surface area contributed by atoms with E-state index in [1.54, 1.807) is 13.2 Å². The molecule has 2 heterocycles. The number of piperidine rings is 1. The Balaban J connectivity index is 1.36. The van der Waals surface area contributed by atoms with Crippen molar-refractivity contribution in [3.63, 3.8) is 0 Å². The van der Waals surface area contributed by atoms with E-state index in [9.17, 15) is 9.18 Å². The van der Waals surface area contributed by atoms with Crippen LogP contribution in [0, 0.1) is 5.92 Å². The average molecular weight is 489 g/mol. The summed E-state index contributed by atoms with van der Waals surface area (Å²) in [6.45, 7) is 2.16. The van der Waals surface area contributed by atoms with Crippen LogP contribution in [0.2, 0.25) is 0 Å². The second-order valence-corrected chi connectivity index (χ2v) is 9.64. The van der Waals surface area contributed by atoms with Crippen molar-refractivity contribution in [3.8, 4) is 11.5 Å². The number of carbonyl (C=O) groups is 1. The molecule has 5 rings (SSSR count). The fourth-order valence-electron chi connectivity index (χ4n) is 5.60. The van der Waals surface area contributed by atoms with Crippen molar-refractivity contribution in [1.29, 1.82) is 0 Å². The smallest absolute Gasteiger partial charge is 0.252 e. The van der Waals surface area contributed by atoms with Gasteiger partial charge in [0, 0.05) is 30.6 Å². The third kappa shape index (κ3) is 5.24. The summed E-state index contributed by atoms with van der Waals surface area (Å²) >= 11 is 0. The molecule has 0 radical (unpaired) electrons. The summed E-state index contributed by atoms with van der Waals surface area (Å²) in [6, 6.07) is 23.9. The molecular weight excluding hydrogens is 455 g/mol.